The van der Waals surface area contributed by atoms with Crippen LogP contribution in [0.4, 0.5) is 0 Å². The summed E-state index contributed by atoms with van der Waals surface area (Å²) in [6, 6.07) is 9.65. The normalized spacial score (nSPS) is 12.1. The van der Waals surface area contributed by atoms with Crippen molar-refractivity contribution >= 4 is 176 Å². The Labute approximate surface area is 543 Å². The van der Waals surface area contributed by atoms with Gasteiger partial charge in [-0.25, -0.2) is 19.9 Å². The van der Waals surface area contributed by atoms with Crippen LogP contribution < -0.4 is 13.5 Å². The van der Waals surface area contributed by atoms with Crippen molar-refractivity contribution in [3.63, 3.8) is 0 Å². The van der Waals surface area contributed by atoms with Crippen LogP contribution in [-0.4, -0.2) is 44.2 Å². The predicted molar refractivity (Wildman–Crippen MR) is 389 cm³/mol. The van der Waals surface area contributed by atoms with Gasteiger partial charge in [0.2, 0.25) is 0 Å². The monoisotopic (exact) mass is 1470 g/mol. The van der Waals surface area contributed by atoms with Gasteiger partial charge in [-0.05, 0) is 166 Å². The van der Waals surface area contributed by atoms with Crippen LogP contribution in [0.25, 0.3) is 49.3 Å². The van der Waals surface area contributed by atoms with E-state index >= 15 is 0 Å². The minimum absolute atomic E-state index is 0.916. The number of aryl methyl sites for hydroxylation is 5. The first kappa shape index (κ1) is 68.5. The number of thiophene rings is 4. The van der Waals surface area contributed by atoms with E-state index < -0.39 is 24.2 Å². The topological polar surface area (TPSA) is 51.6 Å². The SMILES string of the molecule is CCCCCCc1cc(-c2nc(Br)c(-c3sc(-c4cc(CCCCCC)c([Si](C)(C)C)s4)nc3Br)s2)sc1C.CCCCCCc1cc(-c2ncc(Br)s2)sc1[Si](C)(C)C.CCCCCCc1cc(-c2nccs2)sc1[Si](C)(C)C. The molecular weight excluding hydrogens is 1380 g/mol. The van der Waals surface area contributed by atoms with Crippen molar-refractivity contribution in [2.45, 2.75) is 222 Å². The van der Waals surface area contributed by atoms with E-state index in [2.05, 4.69) is 181 Å². The van der Waals surface area contributed by atoms with Gasteiger partial charge in [-0.1, -0.05) is 164 Å². The number of aromatic nitrogens is 4. The molecule has 8 aromatic heterocycles. The summed E-state index contributed by atoms with van der Waals surface area (Å²) in [6.07, 6.45) is 29.8. The first-order chi connectivity index (χ1) is 38.1. The summed E-state index contributed by atoms with van der Waals surface area (Å²) in [7, 11) is -3.93. The summed E-state index contributed by atoms with van der Waals surface area (Å²) in [6.45, 7) is 33.5. The zero-order valence-electron chi connectivity index (χ0n) is 50.4. The fourth-order valence-corrected chi connectivity index (χ4v) is 27.7. The molecule has 0 aliphatic carbocycles. The number of unbranched alkanes of at least 4 members (excludes halogenated alkanes) is 12. The summed E-state index contributed by atoms with van der Waals surface area (Å²) in [5.41, 5.74) is 6.26. The van der Waals surface area contributed by atoms with Crippen LogP contribution in [0.2, 0.25) is 58.9 Å². The van der Waals surface area contributed by atoms with Crippen molar-refractivity contribution < 1.29 is 0 Å². The molecule has 0 bridgehead atoms. The Morgan fingerprint density at radius 3 is 1.11 bits per heavy atom. The molecule has 0 amide bonds. The van der Waals surface area contributed by atoms with E-state index in [0.29, 0.717) is 0 Å². The van der Waals surface area contributed by atoms with Gasteiger partial charge in [0, 0.05) is 16.5 Å². The van der Waals surface area contributed by atoms with E-state index in [1.165, 1.54) is 168 Å². The molecule has 0 aliphatic heterocycles. The molecule has 0 saturated heterocycles. The van der Waals surface area contributed by atoms with Crippen LogP contribution in [0.1, 0.15) is 158 Å². The molecule has 80 heavy (non-hydrogen) atoms. The molecule has 8 rings (SSSR count). The summed E-state index contributed by atoms with van der Waals surface area (Å²) in [4.78, 5) is 28.1. The number of hydrogen-bond acceptors (Lipinski definition) is 12. The minimum Gasteiger partial charge on any atom is -0.244 e. The van der Waals surface area contributed by atoms with E-state index in [-0.39, 0.29) is 0 Å². The number of nitrogens with zero attached hydrogens (tertiary/aromatic N) is 4. The van der Waals surface area contributed by atoms with Crippen LogP contribution in [0.5, 0.6) is 0 Å². The molecule has 0 atom stereocenters. The van der Waals surface area contributed by atoms with Crippen molar-refractivity contribution in [3.05, 3.63) is 82.2 Å². The lowest BCUT2D eigenvalue weighted by molar-refractivity contribution is 0.666. The molecule has 18 heteroatoms. The largest absolute Gasteiger partial charge is 0.244 e. The lowest BCUT2D eigenvalue weighted by atomic mass is 10.1. The summed E-state index contributed by atoms with van der Waals surface area (Å²) < 4.78 is 7.94. The second-order valence-electron chi connectivity index (χ2n) is 24.2. The molecule has 438 valence electrons. The number of halogens is 3. The third-order valence-electron chi connectivity index (χ3n) is 13.8. The lowest BCUT2D eigenvalue weighted by Crippen LogP contribution is -2.37. The van der Waals surface area contributed by atoms with Gasteiger partial charge in [-0.3, -0.25) is 0 Å². The van der Waals surface area contributed by atoms with Crippen LogP contribution >= 0.6 is 138 Å². The Kier molecular flexibility index (Phi) is 28.2. The maximum Gasteiger partial charge on any atom is 0.135 e. The average Bonchev–Trinajstić information content (AvgIpc) is 4.30. The quantitative estimate of drug-likeness (QED) is 0.0362. The van der Waals surface area contributed by atoms with Crippen LogP contribution in [-0.2, 0) is 25.7 Å². The summed E-state index contributed by atoms with van der Waals surface area (Å²) in [5, 5.41) is 6.63. The molecule has 0 fully saturated rings. The Morgan fingerprint density at radius 2 is 0.762 bits per heavy atom. The fraction of sp³-hybridized carbons (Fsp3) is 0.548. The standard InChI is InChI=1S/C30H40Br2N2S4Si.C16H24BrNS2Si.C16H25NS2Si/c1-7-9-11-13-15-20-17-22(35-19(20)3)28-33-26(31)24(37-28)25-27(32)34-29(38-25)23-18-21(16-14-12-10-8-2)30(36-23)39(4,5)6;1-5-6-7-8-9-12-10-13(15-18-11-14(17)20-15)19-16(12)21(2,3)4;1-5-6-7-8-9-13-12-14(15-17-10-11-18-15)19-16(13)20(2,3)4/h17-18H,7-16H2,1-6H3;10-11H,5-9H2,1-4H3;10-12H,5-9H2,1-4H3. The van der Waals surface area contributed by atoms with Crippen molar-refractivity contribution in [2.75, 3.05) is 0 Å². The Balaban J connectivity index is 0.000000212. The second kappa shape index (κ2) is 33.0. The molecular formula is C62H89Br3N4S8Si3. The van der Waals surface area contributed by atoms with Crippen LogP contribution in [0, 0.1) is 6.92 Å². The molecule has 0 spiro atoms. The minimum atomic E-state index is -1.42. The van der Waals surface area contributed by atoms with E-state index in [1.807, 2.05) is 57.7 Å². The van der Waals surface area contributed by atoms with Crippen molar-refractivity contribution in [1.29, 1.82) is 0 Å². The highest BCUT2D eigenvalue weighted by molar-refractivity contribution is 9.11. The van der Waals surface area contributed by atoms with Gasteiger partial charge >= 0.3 is 0 Å². The van der Waals surface area contributed by atoms with Crippen LogP contribution in [0.15, 0.2) is 55.0 Å². The maximum atomic E-state index is 5.02. The third kappa shape index (κ3) is 20.2. The second-order valence-corrected chi connectivity index (χ2v) is 51.5. The Hall–Kier alpha value is -0.589. The third-order valence-corrected chi connectivity index (χ3v) is 36.2. The Morgan fingerprint density at radius 1 is 0.400 bits per heavy atom. The van der Waals surface area contributed by atoms with Crippen molar-refractivity contribution in [2.24, 2.45) is 0 Å². The van der Waals surface area contributed by atoms with Gasteiger partial charge in [-0.15, -0.1) is 90.7 Å². The van der Waals surface area contributed by atoms with Gasteiger partial charge in [0.1, 0.15) is 29.2 Å². The van der Waals surface area contributed by atoms with E-state index in [1.54, 1.807) is 75.5 Å². The van der Waals surface area contributed by atoms with Crippen molar-refractivity contribution in [3.8, 4) is 49.3 Å². The molecule has 0 N–H and O–H groups in total. The van der Waals surface area contributed by atoms with Crippen molar-refractivity contribution in [1.82, 2.24) is 19.9 Å². The van der Waals surface area contributed by atoms with Gasteiger partial charge < -0.3 is 0 Å². The van der Waals surface area contributed by atoms with Gasteiger partial charge in [0.25, 0.3) is 0 Å². The van der Waals surface area contributed by atoms with Gasteiger partial charge in [-0.2, -0.15) is 0 Å². The van der Waals surface area contributed by atoms with E-state index in [0.717, 1.165) is 32.9 Å². The zero-order chi connectivity index (χ0) is 58.2. The first-order valence-electron chi connectivity index (χ1n) is 29.4. The highest BCUT2D eigenvalue weighted by atomic mass is 79.9. The molecule has 0 saturated carbocycles. The number of thiazole rings is 4. The van der Waals surface area contributed by atoms with E-state index in [9.17, 15) is 0 Å². The van der Waals surface area contributed by atoms with Gasteiger partial charge in [0.15, 0.2) is 0 Å². The van der Waals surface area contributed by atoms with Gasteiger partial charge in [0.05, 0.1) is 63.5 Å². The summed E-state index contributed by atoms with van der Waals surface area (Å²) >= 11 is 26.0. The summed E-state index contributed by atoms with van der Waals surface area (Å²) in [5.74, 6) is 0. The molecule has 0 radical (unpaired) electrons. The highest BCUT2D eigenvalue weighted by Crippen LogP contribution is 2.48. The molecule has 8 heterocycles. The highest BCUT2D eigenvalue weighted by Gasteiger charge is 2.28. The fourth-order valence-electron chi connectivity index (χ4n) is 9.71. The smallest absolute Gasteiger partial charge is 0.135 e. The average molecular weight is 1470 g/mol. The zero-order valence-corrected chi connectivity index (χ0v) is 64.7. The molecule has 0 aliphatic rings. The predicted octanol–water partition coefficient (Wildman–Crippen LogP) is 24.2. The van der Waals surface area contributed by atoms with E-state index in [4.69, 9.17) is 9.97 Å². The number of hydrogen-bond donors (Lipinski definition) is 0. The maximum absolute atomic E-state index is 5.02. The molecule has 0 unspecified atom stereocenters. The molecule has 4 nitrogen and oxygen atoms in total. The lowest BCUT2D eigenvalue weighted by Gasteiger charge is -2.16. The number of rotatable bonds is 28. The van der Waals surface area contributed by atoms with Crippen LogP contribution in [0.3, 0.4) is 0 Å². The molecule has 0 aromatic carbocycles. The Bertz CT molecular complexity index is 3100. The molecule has 8 aromatic rings. The first-order valence-corrected chi connectivity index (χ1v) is 48.9.